The number of hydrogen-bond donors (Lipinski definition) is 2. The number of carbonyl (C=O) groups is 2. The van der Waals surface area contributed by atoms with Gasteiger partial charge in [-0.15, -0.1) is 11.3 Å². The molecule has 1 unspecified atom stereocenters. The molecule has 7 heteroatoms. The van der Waals surface area contributed by atoms with Crippen molar-refractivity contribution in [3.63, 3.8) is 0 Å². The van der Waals surface area contributed by atoms with Crippen LogP contribution in [0.15, 0.2) is 77.4 Å². The van der Waals surface area contributed by atoms with Gasteiger partial charge in [-0.1, -0.05) is 36.4 Å². The molecule has 29 heavy (non-hydrogen) atoms. The molecule has 0 bridgehead atoms. The van der Waals surface area contributed by atoms with Gasteiger partial charge in [-0.2, -0.15) is 0 Å². The summed E-state index contributed by atoms with van der Waals surface area (Å²) in [5.74, 6) is -1.53. The average molecular weight is 407 g/mol. The van der Waals surface area contributed by atoms with Gasteiger partial charge in [0.1, 0.15) is 11.5 Å². The first-order chi connectivity index (χ1) is 14.0. The fourth-order valence-corrected chi connectivity index (χ4v) is 4.16. The quantitative estimate of drug-likeness (QED) is 0.618. The van der Waals surface area contributed by atoms with Crippen molar-refractivity contribution in [2.45, 2.75) is 6.04 Å². The molecule has 0 radical (unpaired) electrons. The molecule has 0 saturated carbocycles. The number of para-hydroxylation sites is 3. The zero-order chi connectivity index (χ0) is 20.5. The van der Waals surface area contributed by atoms with E-state index in [1.165, 1.54) is 29.4 Å². The number of aliphatic hydroxyl groups is 1. The van der Waals surface area contributed by atoms with Gasteiger partial charge in [0.05, 0.1) is 29.3 Å². The number of ether oxygens (including phenoxy) is 1. The first-order valence-electron chi connectivity index (χ1n) is 8.80. The molecule has 146 valence electrons. The van der Waals surface area contributed by atoms with E-state index in [9.17, 15) is 19.8 Å². The summed E-state index contributed by atoms with van der Waals surface area (Å²) in [5, 5.41) is 22.8. The lowest BCUT2D eigenvalue weighted by molar-refractivity contribution is -0.117. The van der Waals surface area contributed by atoms with E-state index in [1.54, 1.807) is 60.0 Å². The molecule has 1 atom stereocenters. The minimum atomic E-state index is -0.957. The number of ketones is 1. The number of nitrogens with zero attached hydrogens (tertiary/aromatic N) is 1. The standard InChI is InChI=1S/C22H17NO5S/c1-28-16-10-5-2-7-13(16)19-18(20(25)17-11-6-12-29-17)21(26)22(27)23(19)14-8-3-4-9-15(14)24/h2-12,19,24,26H,1H3. The Balaban J connectivity index is 1.95. The Kier molecular flexibility index (Phi) is 4.82. The van der Waals surface area contributed by atoms with Gasteiger partial charge in [0.2, 0.25) is 5.78 Å². The molecule has 2 heterocycles. The molecule has 4 rings (SSSR count). The number of amides is 1. The Bertz CT molecular complexity index is 1120. The molecule has 1 amide bonds. The second kappa shape index (κ2) is 7.44. The van der Waals surface area contributed by atoms with E-state index in [-0.39, 0.29) is 17.0 Å². The number of anilines is 1. The van der Waals surface area contributed by atoms with Gasteiger partial charge in [0.25, 0.3) is 5.91 Å². The lowest BCUT2D eigenvalue weighted by Gasteiger charge is -2.28. The highest BCUT2D eigenvalue weighted by atomic mass is 32.1. The number of Topliss-reactive ketones (excluding diaryl/α,β-unsaturated/α-hetero) is 1. The normalized spacial score (nSPS) is 16.4. The van der Waals surface area contributed by atoms with Crippen LogP contribution in [-0.4, -0.2) is 29.0 Å². The third kappa shape index (κ3) is 3.05. The van der Waals surface area contributed by atoms with E-state index in [0.717, 1.165) is 0 Å². The second-order valence-electron chi connectivity index (χ2n) is 6.38. The summed E-state index contributed by atoms with van der Waals surface area (Å²) in [7, 11) is 1.49. The molecule has 0 spiro atoms. The van der Waals surface area contributed by atoms with Crippen LogP contribution in [0, 0.1) is 0 Å². The molecule has 2 N–H and O–H groups in total. The monoisotopic (exact) mass is 407 g/mol. The van der Waals surface area contributed by atoms with Crippen molar-refractivity contribution in [3.8, 4) is 11.5 Å². The summed E-state index contributed by atoms with van der Waals surface area (Å²) in [6.45, 7) is 0. The molecule has 2 aromatic carbocycles. The Morgan fingerprint density at radius 1 is 1.03 bits per heavy atom. The Morgan fingerprint density at radius 3 is 2.45 bits per heavy atom. The third-order valence-electron chi connectivity index (χ3n) is 4.77. The highest BCUT2D eigenvalue weighted by Crippen LogP contribution is 2.46. The molecular formula is C22H17NO5S. The van der Waals surface area contributed by atoms with E-state index < -0.39 is 23.5 Å². The number of benzene rings is 2. The summed E-state index contributed by atoms with van der Waals surface area (Å²) < 4.78 is 5.45. The summed E-state index contributed by atoms with van der Waals surface area (Å²) in [4.78, 5) is 27.9. The molecule has 3 aromatic rings. The average Bonchev–Trinajstić information content (AvgIpc) is 3.36. The topological polar surface area (TPSA) is 87.1 Å². The zero-order valence-electron chi connectivity index (χ0n) is 15.4. The summed E-state index contributed by atoms with van der Waals surface area (Å²) in [5.41, 5.74) is 0.662. The van der Waals surface area contributed by atoms with Crippen LogP contribution in [0.3, 0.4) is 0 Å². The predicted molar refractivity (Wildman–Crippen MR) is 110 cm³/mol. The summed E-state index contributed by atoms with van der Waals surface area (Å²) in [6, 6.07) is 15.7. The van der Waals surface area contributed by atoms with Gasteiger partial charge in [-0.05, 0) is 29.6 Å². The zero-order valence-corrected chi connectivity index (χ0v) is 16.2. The Morgan fingerprint density at radius 2 is 1.76 bits per heavy atom. The van der Waals surface area contributed by atoms with Crippen LogP contribution in [0.1, 0.15) is 21.3 Å². The fourth-order valence-electron chi connectivity index (χ4n) is 3.48. The van der Waals surface area contributed by atoms with E-state index in [2.05, 4.69) is 0 Å². The second-order valence-corrected chi connectivity index (χ2v) is 7.32. The number of rotatable bonds is 5. The molecule has 1 aliphatic heterocycles. The molecule has 6 nitrogen and oxygen atoms in total. The lowest BCUT2D eigenvalue weighted by atomic mass is 9.94. The van der Waals surface area contributed by atoms with E-state index in [0.29, 0.717) is 16.2 Å². The third-order valence-corrected chi connectivity index (χ3v) is 5.64. The molecule has 1 aromatic heterocycles. The van der Waals surface area contributed by atoms with Gasteiger partial charge in [-0.3, -0.25) is 14.5 Å². The SMILES string of the molecule is COc1ccccc1C1C(C(=O)c2cccs2)=C(O)C(=O)N1c1ccccc1O. The maximum Gasteiger partial charge on any atom is 0.294 e. The van der Waals surface area contributed by atoms with Crippen LogP contribution < -0.4 is 9.64 Å². The van der Waals surface area contributed by atoms with Crippen molar-refractivity contribution >= 4 is 28.7 Å². The Labute approximate surface area is 170 Å². The molecule has 0 saturated heterocycles. The Hall–Kier alpha value is -3.58. The van der Waals surface area contributed by atoms with Crippen LogP contribution in [0.5, 0.6) is 11.5 Å². The number of hydrogen-bond acceptors (Lipinski definition) is 6. The largest absolute Gasteiger partial charge is 0.506 e. The first kappa shape index (κ1) is 18.8. The van der Waals surface area contributed by atoms with Crippen molar-refractivity contribution in [1.82, 2.24) is 0 Å². The smallest absolute Gasteiger partial charge is 0.294 e. The molecule has 1 aliphatic rings. The van der Waals surface area contributed by atoms with E-state index in [4.69, 9.17) is 4.74 Å². The van der Waals surface area contributed by atoms with Gasteiger partial charge in [0.15, 0.2) is 5.76 Å². The number of thiophene rings is 1. The van der Waals surface area contributed by atoms with Crippen LogP contribution in [0.4, 0.5) is 5.69 Å². The van der Waals surface area contributed by atoms with Crippen molar-refractivity contribution < 1.29 is 24.5 Å². The number of aliphatic hydroxyl groups excluding tert-OH is 1. The molecule has 0 aliphatic carbocycles. The van der Waals surface area contributed by atoms with Crippen molar-refractivity contribution in [2.75, 3.05) is 12.0 Å². The van der Waals surface area contributed by atoms with E-state index in [1.807, 2.05) is 0 Å². The fraction of sp³-hybridized carbons (Fsp3) is 0.0909. The maximum atomic E-state index is 13.2. The first-order valence-corrected chi connectivity index (χ1v) is 9.68. The predicted octanol–water partition coefficient (Wildman–Crippen LogP) is 4.25. The van der Waals surface area contributed by atoms with Gasteiger partial charge < -0.3 is 14.9 Å². The van der Waals surface area contributed by atoms with Crippen molar-refractivity contribution in [2.24, 2.45) is 0 Å². The van der Waals surface area contributed by atoms with Gasteiger partial charge in [-0.25, -0.2) is 0 Å². The summed E-state index contributed by atoms with van der Waals surface area (Å²) >= 11 is 1.22. The van der Waals surface area contributed by atoms with E-state index >= 15 is 0 Å². The number of phenols is 1. The van der Waals surface area contributed by atoms with Gasteiger partial charge in [0, 0.05) is 5.56 Å². The highest BCUT2D eigenvalue weighted by molar-refractivity contribution is 7.12. The lowest BCUT2D eigenvalue weighted by Crippen LogP contribution is -2.31. The number of methoxy groups -OCH3 is 1. The molecular weight excluding hydrogens is 390 g/mol. The summed E-state index contributed by atoms with van der Waals surface area (Å²) in [6.07, 6.45) is 0. The minimum absolute atomic E-state index is 0.0507. The molecule has 0 fully saturated rings. The van der Waals surface area contributed by atoms with Crippen LogP contribution in [0.2, 0.25) is 0 Å². The van der Waals surface area contributed by atoms with Crippen LogP contribution in [-0.2, 0) is 4.79 Å². The minimum Gasteiger partial charge on any atom is -0.506 e. The van der Waals surface area contributed by atoms with Gasteiger partial charge >= 0.3 is 0 Å². The number of phenolic OH excluding ortho intramolecular Hbond substituents is 1. The van der Waals surface area contributed by atoms with Crippen LogP contribution >= 0.6 is 11.3 Å². The van der Waals surface area contributed by atoms with Crippen LogP contribution in [0.25, 0.3) is 0 Å². The number of carbonyl (C=O) groups excluding carboxylic acids is 2. The number of aromatic hydroxyl groups is 1. The van der Waals surface area contributed by atoms with Crippen molar-refractivity contribution in [3.05, 3.63) is 87.8 Å². The highest BCUT2D eigenvalue weighted by Gasteiger charge is 2.46. The van der Waals surface area contributed by atoms with Crippen molar-refractivity contribution in [1.29, 1.82) is 0 Å². The maximum absolute atomic E-state index is 13.2.